The maximum Gasteiger partial charge on any atom is 0.126 e. The van der Waals surface area contributed by atoms with Gasteiger partial charge in [0.2, 0.25) is 0 Å². The van der Waals surface area contributed by atoms with Crippen LogP contribution in [-0.4, -0.2) is 42.8 Å². The van der Waals surface area contributed by atoms with Crippen LogP contribution >= 0.6 is 0 Å². The molecule has 0 atom stereocenters. The molecule has 4 nitrogen and oxygen atoms in total. The van der Waals surface area contributed by atoms with E-state index < -0.39 is 0 Å². The Morgan fingerprint density at radius 2 is 1.83 bits per heavy atom. The summed E-state index contributed by atoms with van der Waals surface area (Å²) in [5, 5.41) is 3.47. The molecule has 128 valence electrons. The number of quaternary nitrogens is 1. The minimum absolute atomic E-state index is 0.931. The Labute approximate surface area is 145 Å². The van der Waals surface area contributed by atoms with Gasteiger partial charge >= 0.3 is 0 Å². The number of piperidine rings is 1. The topological polar surface area (TPSA) is 34.1 Å². The maximum absolute atomic E-state index is 5.28. The summed E-state index contributed by atoms with van der Waals surface area (Å²) in [6, 6.07) is 14.6. The van der Waals surface area contributed by atoms with Crippen molar-refractivity contribution in [1.29, 1.82) is 0 Å². The summed E-state index contributed by atoms with van der Waals surface area (Å²) >= 11 is 0. The number of ether oxygens (including phenoxy) is 1. The van der Waals surface area contributed by atoms with Crippen molar-refractivity contribution in [1.82, 2.24) is 4.98 Å². The maximum atomic E-state index is 5.28. The number of hydrogen-bond acceptors (Lipinski definition) is 3. The average molecular weight is 326 g/mol. The molecule has 3 rings (SSSR count). The molecule has 24 heavy (non-hydrogen) atoms. The first-order valence-corrected chi connectivity index (χ1v) is 8.93. The van der Waals surface area contributed by atoms with Crippen molar-refractivity contribution in [2.45, 2.75) is 25.8 Å². The number of rotatable bonds is 7. The molecule has 0 saturated carbocycles. The Bertz CT molecular complexity index is 607. The minimum atomic E-state index is 0.931. The molecule has 0 amide bonds. The van der Waals surface area contributed by atoms with Crippen molar-refractivity contribution >= 4 is 5.82 Å². The molecular weight excluding hydrogens is 298 g/mol. The van der Waals surface area contributed by atoms with E-state index in [2.05, 4.69) is 34.6 Å². The van der Waals surface area contributed by atoms with Crippen molar-refractivity contribution < 1.29 is 9.22 Å². The molecule has 2 heterocycles. The number of benzene rings is 1. The second-order valence-corrected chi connectivity index (χ2v) is 6.72. The van der Waals surface area contributed by atoms with Gasteiger partial charge in [0.05, 0.1) is 33.3 Å². The molecule has 1 fully saturated rings. The first kappa shape index (κ1) is 16.8. The SMILES string of the molecule is COc1ccc(C[N+]2(CCNc3ccccn3)CCCCC2)cc1. The van der Waals surface area contributed by atoms with Gasteiger partial charge in [-0.1, -0.05) is 6.07 Å². The van der Waals surface area contributed by atoms with E-state index in [1.165, 1.54) is 42.4 Å². The first-order chi connectivity index (χ1) is 11.8. The van der Waals surface area contributed by atoms with Crippen LogP contribution in [0.3, 0.4) is 0 Å². The Kier molecular flexibility index (Phi) is 5.70. The summed E-state index contributed by atoms with van der Waals surface area (Å²) in [6.07, 6.45) is 5.88. The van der Waals surface area contributed by atoms with E-state index in [4.69, 9.17) is 4.74 Å². The number of methoxy groups -OCH3 is 1. The third-order valence-electron chi connectivity index (χ3n) is 5.00. The predicted octanol–water partition coefficient (Wildman–Crippen LogP) is 3.70. The number of nitrogens with one attached hydrogen (secondary N) is 1. The molecule has 0 bridgehead atoms. The fourth-order valence-electron chi connectivity index (χ4n) is 3.65. The lowest BCUT2D eigenvalue weighted by atomic mass is 10.0. The van der Waals surface area contributed by atoms with E-state index in [0.29, 0.717) is 0 Å². The van der Waals surface area contributed by atoms with Crippen LogP contribution in [0.2, 0.25) is 0 Å². The molecular formula is C20H28N3O+. The lowest BCUT2D eigenvalue weighted by molar-refractivity contribution is -0.943. The van der Waals surface area contributed by atoms with Gasteiger partial charge < -0.3 is 14.5 Å². The normalized spacial score (nSPS) is 16.5. The van der Waals surface area contributed by atoms with E-state index >= 15 is 0 Å². The van der Waals surface area contributed by atoms with Crippen molar-refractivity contribution in [2.24, 2.45) is 0 Å². The van der Waals surface area contributed by atoms with Gasteiger partial charge in [-0.15, -0.1) is 0 Å². The van der Waals surface area contributed by atoms with Crippen LogP contribution < -0.4 is 10.1 Å². The highest BCUT2D eigenvalue weighted by atomic mass is 16.5. The largest absolute Gasteiger partial charge is 0.497 e. The van der Waals surface area contributed by atoms with Crippen LogP contribution in [-0.2, 0) is 6.54 Å². The van der Waals surface area contributed by atoms with E-state index in [1.54, 1.807) is 7.11 Å². The number of nitrogens with zero attached hydrogens (tertiary/aromatic N) is 2. The molecule has 1 aromatic carbocycles. The van der Waals surface area contributed by atoms with Gasteiger partial charge in [-0.05, 0) is 55.7 Å². The monoisotopic (exact) mass is 326 g/mol. The van der Waals surface area contributed by atoms with Gasteiger partial charge in [0.1, 0.15) is 18.1 Å². The number of hydrogen-bond donors (Lipinski definition) is 1. The zero-order valence-electron chi connectivity index (χ0n) is 14.6. The van der Waals surface area contributed by atoms with E-state index in [0.717, 1.165) is 31.2 Å². The highest BCUT2D eigenvalue weighted by molar-refractivity contribution is 5.32. The zero-order valence-corrected chi connectivity index (χ0v) is 14.6. The van der Waals surface area contributed by atoms with Crippen LogP contribution in [0.25, 0.3) is 0 Å². The van der Waals surface area contributed by atoms with Gasteiger partial charge in [0.15, 0.2) is 0 Å². The summed E-state index contributed by atoms with van der Waals surface area (Å²) < 4.78 is 6.45. The Hall–Kier alpha value is -2.07. The third kappa shape index (κ3) is 4.48. The molecule has 0 radical (unpaired) electrons. The Morgan fingerprint density at radius 3 is 2.50 bits per heavy atom. The predicted molar refractivity (Wildman–Crippen MR) is 98.1 cm³/mol. The highest BCUT2D eigenvalue weighted by Crippen LogP contribution is 2.23. The summed E-state index contributed by atoms with van der Waals surface area (Å²) in [7, 11) is 1.72. The molecule has 0 aliphatic carbocycles. The second-order valence-electron chi connectivity index (χ2n) is 6.72. The van der Waals surface area contributed by atoms with Gasteiger partial charge in [-0.3, -0.25) is 0 Å². The van der Waals surface area contributed by atoms with Crippen LogP contribution in [0.15, 0.2) is 48.7 Å². The van der Waals surface area contributed by atoms with Crippen LogP contribution in [0.5, 0.6) is 5.75 Å². The molecule has 1 aromatic heterocycles. The Morgan fingerprint density at radius 1 is 1.04 bits per heavy atom. The van der Waals surface area contributed by atoms with Crippen LogP contribution in [0.1, 0.15) is 24.8 Å². The molecule has 1 N–H and O–H groups in total. The summed E-state index contributed by atoms with van der Waals surface area (Å²) in [5.74, 6) is 1.90. The molecule has 1 saturated heterocycles. The Balaban J connectivity index is 1.62. The fraction of sp³-hybridized carbons (Fsp3) is 0.450. The highest BCUT2D eigenvalue weighted by Gasteiger charge is 2.29. The third-order valence-corrected chi connectivity index (χ3v) is 5.00. The summed E-state index contributed by atoms with van der Waals surface area (Å²) in [6.45, 7) is 5.76. The number of aromatic nitrogens is 1. The van der Waals surface area contributed by atoms with Crippen LogP contribution in [0, 0.1) is 0 Å². The van der Waals surface area contributed by atoms with Gasteiger partial charge in [0.25, 0.3) is 0 Å². The average Bonchev–Trinajstić information content (AvgIpc) is 2.64. The van der Waals surface area contributed by atoms with Crippen LogP contribution in [0.4, 0.5) is 5.82 Å². The minimum Gasteiger partial charge on any atom is -0.497 e. The fourth-order valence-corrected chi connectivity index (χ4v) is 3.65. The summed E-state index contributed by atoms with van der Waals surface area (Å²) in [5.41, 5.74) is 1.40. The van der Waals surface area contributed by atoms with E-state index in [1.807, 2.05) is 24.4 Å². The van der Waals surface area contributed by atoms with Gasteiger partial charge in [-0.2, -0.15) is 0 Å². The van der Waals surface area contributed by atoms with E-state index in [-0.39, 0.29) is 0 Å². The van der Waals surface area contributed by atoms with E-state index in [9.17, 15) is 0 Å². The number of anilines is 1. The lowest BCUT2D eigenvalue weighted by Gasteiger charge is -2.42. The van der Waals surface area contributed by atoms with Crippen molar-refractivity contribution in [3.8, 4) is 5.75 Å². The molecule has 4 heteroatoms. The molecule has 1 aliphatic heterocycles. The molecule has 2 aromatic rings. The first-order valence-electron chi connectivity index (χ1n) is 8.93. The standard InChI is InChI=1S/C20H28N3O/c1-24-19-10-8-18(9-11-19)17-23(14-5-2-6-15-23)16-13-22-20-7-3-4-12-21-20/h3-4,7-12H,2,5-6,13-17H2,1H3,(H,21,22)/q+1. The molecule has 0 spiro atoms. The molecule has 0 unspecified atom stereocenters. The van der Waals surface area contributed by atoms with Crippen molar-refractivity contribution in [3.05, 3.63) is 54.2 Å². The quantitative estimate of drug-likeness (QED) is 0.788. The van der Waals surface area contributed by atoms with Crippen molar-refractivity contribution in [3.63, 3.8) is 0 Å². The molecule has 1 aliphatic rings. The van der Waals surface area contributed by atoms with Gasteiger partial charge in [-0.25, -0.2) is 4.98 Å². The smallest absolute Gasteiger partial charge is 0.126 e. The zero-order chi connectivity index (χ0) is 16.7. The van der Waals surface area contributed by atoms with Crippen molar-refractivity contribution in [2.75, 3.05) is 38.6 Å². The second kappa shape index (κ2) is 8.15. The number of likely N-dealkylation sites (tertiary alicyclic amines) is 1. The number of pyridine rings is 1. The summed E-state index contributed by atoms with van der Waals surface area (Å²) in [4.78, 5) is 4.36. The van der Waals surface area contributed by atoms with Gasteiger partial charge in [0, 0.05) is 11.8 Å². The lowest BCUT2D eigenvalue weighted by Crippen LogP contribution is -2.53.